The lowest BCUT2D eigenvalue weighted by molar-refractivity contribution is -0.385. The zero-order chi connectivity index (χ0) is 11.0. The van der Waals surface area contributed by atoms with Gasteiger partial charge in [-0.25, -0.2) is 4.79 Å². The number of nitro groups is 1. The van der Waals surface area contributed by atoms with Crippen LogP contribution in [-0.4, -0.2) is 17.5 Å². The molecule has 0 aliphatic carbocycles. The van der Waals surface area contributed by atoms with E-state index in [9.17, 15) is 14.9 Å². The minimum atomic E-state index is -0.541. The third kappa shape index (κ3) is 1.38. The average molecular weight is 205 g/mol. The van der Waals surface area contributed by atoms with Gasteiger partial charge in [0.15, 0.2) is 0 Å². The van der Waals surface area contributed by atoms with Crippen molar-refractivity contribution >= 4 is 17.2 Å². The molecule has 0 spiro atoms. The number of carbonyl (C=O) groups is 1. The number of ether oxygens (including phenoxy) is 1. The zero-order valence-corrected chi connectivity index (χ0v) is 7.73. The Morgan fingerprint density at radius 3 is 2.87 bits per heavy atom. The van der Waals surface area contributed by atoms with Gasteiger partial charge < -0.3 is 4.74 Å². The summed E-state index contributed by atoms with van der Waals surface area (Å²) in [6.07, 6.45) is 0. The summed E-state index contributed by atoms with van der Waals surface area (Å²) in [5.74, 6) is -0.541. The third-order valence-electron chi connectivity index (χ3n) is 2.19. The van der Waals surface area contributed by atoms with Gasteiger partial charge in [0.2, 0.25) is 0 Å². The fourth-order valence-electron chi connectivity index (χ4n) is 1.54. The van der Waals surface area contributed by atoms with Gasteiger partial charge >= 0.3 is 5.97 Å². The summed E-state index contributed by atoms with van der Waals surface area (Å²) in [4.78, 5) is 21.5. The smallest absolute Gasteiger partial charge is 0.339 e. The van der Waals surface area contributed by atoms with Crippen LogP contribution < -0.4 is 0 Å². The maximum atomic E-state index is 11.3. The predicted molar refractivity (Wildman–Crippen MR) is 52.4 cm³/mol. The standard InChI is InChI=1S/C10H7NO4/c1-6-5-15-10(12)7-3-2-4-8(9(6)7)11(13)14/h2-4H,1,5H2. The van der Waals surface area contributed by atoms with E-state index in [-0.39, 0.29) is 17.9 Å². The lowest BCUT2D eigenvalue weighted by Gasteiger charge is -2.17. The monoisotopic (exact) mass is 205 g/mol. The molecule has 0 amide bonds. The number of fused-ring (bicyclic) bond motifs is 1. The van der Waals surface area contributed by atoms with Crippen LogP contribution in [0.25, 0.3) is 5.57 Å². The van der Waals surface area contributed by atoms with Crippen LogP contribution in [0.3, 0.4) is 0 Å². The molecule has 0 unspecified atom stereocenters. The normalized spacial score (nSPS) is 14.4. The average Bonchev–Trinajstić information content (AvgIpc) is 2.23. The number of hydrogen-bond acceptors (Lipinski definition) is 4. The summed E-state index contributed by atoms with van der Waals surface area (Å²) in [6.45, 7) is 3.66. The first kappa shape index (κ1) is 9.39. The third-order valence-corrected chi connectivity index (χ3v) is 2.19. The number of nitro benzene ring substituents is 1. The van der Waals surface area contributed by atoms with E-state index in [1.165, 1.54) is 18.2 Å². The van der Waals surface area contributed by atoms with Gasteiger partial charge in [0, 0.05) is 6.07 Å². The van der Waals surface area contributed by atoms with E-state index < -0.39 is 10.9 Å². The topological polar surface area (TPSA) is 69.4 Å². The molecule has 1 aromatic carbocycles. The molecule has 2 rings (SSSR count). The second-order valence-electron chi connectivity index (χ2n) is 3.14. The highest BCUT2D eigenvalue weighted by Gasteiger charge is 2.28. The van der Waals surface area contributed by atoms with Crippen LogP contribution in [0, 0.1) is 10.1 Å². The van der Waals surface area contributed by atoms with E-state index >= 15 is 0 Å². The Hall–Kier alpha value is -2.17. The first-order valence-corrected chi connectivity index (χ1v) is 4.24. The van der Waals surface area contributed by atoms with Gasteiger partial charge in [-0.15, -0.1) is 0 Å². The van der Waals surface area contributed by atoms with Gasteiger partial charge in [-0.2, -0.15) is 0 Å². The molecule has 0 fully saturated rings. The Morgan fingerprint density at radius 2 is 2.20 bits per heavy atom. The zero-order valence-electron chi connectivity index (χ0n) is 7.73. The van der Waals surface area contributed by atoms with E-state index in [2.05, 4.69) is 6.58 Å². The summed E-state index contributed by atoms with van der Waals surface area (Å²) < 4.78 is 4.79. The molecule has 0 aromatic heterocycles. The Kier molecular flexibility index (Phi) is 2.00. The summed E-state index contributed by atoms with van der Waals surface area (Å²) in [5.41, 5.74) is 0.852. The van der Waals surface area contributed by atoms with Gasteiger partial charge in [-0.05, 0) is 11.6 Å². The molecule has 1 aliphatic heterocycles. The lowest BCUT2D eigenvalue weighted by Crippen LogP contribution is -2.17. The molecule has 1 heterocycles. The van der Waals surface area contributed by atoms with Crippen LogP contribution >= 0.6 is 0 Å². The predicted octanol–water partition coefficient (Wildman–Crippen LogP) is 1.78. The lowest BCUT2D eigenvalue weighted by atomic mass is 9.97. The molecule has 15 heavy (non-hydrogen) atoms. The van der Waals surface area contributed by atoms with Gasteiger partial charge in [-0.3, -0.25) is 10.1 Å². The van der Waals surface area contributed by atoms with E-state index in [4.69, 9.17) is 4.74 Å². The molecule has 0 N–H and O–H groups in total. The number of nitrogens with zero attached hydrogens (tertiary/aromatic N) is 1. The van der Waals surface area contributed by atoms with E-state index in [0.29, 0.717) is 11.1 Å². The van der Waals surface area contributed by atoms with Crippen molar-refractivity contribution in [1.29, 1.82) is 0 Å². The van der Waals surface area contributed by atoms with E-state index in [1.54, 1.807) is 0 Å². The molecule has 0 saturated carbocycles. The van der Waals surface area contributed by atoms with Crippen molar-refractivity contribution in [3.8, 4) is 0 Å². The Morgan fingerprint density at radius 1 is 1.47 bits per heavy atom. The van der Waals surface area contributed by atoms with Crippen molar-refractivity contribution < 1.29 is 14.5 Å². The quantitative estimate of drug-likeness (QED) is 0.398. The van der Waals surface area contributed by atoms with Gasteiger partial charge in [-0.1, -0.05) is 12.6 Å². The highest BCUT2D eigenvalue weighted by Crippen LogP contribution is 2.32. The summed E-state index contributed by atoms with van der Waals surface area (Å²) in [5, 5.41) is 10.7. The number of carbonyl (C=O) groups excluding carboxylic acids is 1. The van der Waals surface area contributed by atoms with Crippen LogP contribution in [-0.2, 0) is 4.74 Å². The first-order chi connectivity index (χ1) is 7.11. The molecule has 1 aliphatic rings. The summed E-state index contributed by atoms with van der Waals surface area (Å²) in [7, 11) is 0. The van der Waals surface area contributed by atoms with Crippen molar-refractivity contribution in [2.45, 2.75) is 0 Å². The molecular formula is C10H7NO4. The fourth-order valence-corrected chi connectivity index (χ4v) is 1.54. The van der Waals surface area contributed by atoms with Gasteiger partial charge in [0.25, 0.3) is 5.69 Å². The molecule has 0 saturated heterocycles. The Labute approximate surface area is 85.1 Å². The number of hydrogen-bond donors (Lipinski definition) is 0. The Bertz CT molecular complexity index is 464. The highest BCUT2D eigenvalue weighted by molar-refractivity contribution is 6.00. The summed E-state index contributed by atoms with van der Waals surface area (Å²) in [6, 6.07) is 4.30. The SMILES string of the molecule is C=C1COC(=O)c2cccc([N+](=O)[O-])c21. The second kappa shape index (κ2) is 3.20. The van der Waals surface area contributed by atoms with Crippen LogP contribution in [0.4, 0.5) is 5.69 Å². The van der Waals surface area contributed by atoms with Gasteiger partial charge in [0.1, 0.15) is 6.61 Å². The maximum absolute atomic E-state index is 11.3. The van der Waals surface area contributed by atoms with Crippen molar-refractivity contribution in [2.75, 3.05) is 6.61 Å². The molecule has 5 nitrogen and oxygen atoms in total. The Balaban J connectivity index is 2.72. The molecule has 76 valence electrons. The second-order valence-corrected chi connectivity index (χ2v) is 3.14. The van der Waals surface area contributed by atoms with Crippen molar-refractivity contribution in [3.63, 3.8) is 0 Å². The van der Waals surface area contributed by atoms with Crippen LogP contribution in [0.2, 0.25) is 0 Å². The van der Waals surface area contributed by atoms with Crippen molar-refractivity contribution in [2.24, 2.45) is 0 Å². The van der Waals surface area contributed by atoms with Crippen molar-refractivity contribution in [3.05, 3.63) is 46.0 Å². The molecule has 0 radical (unpaired) electrons. The van der Waals surface area contributed by atoms with Gasteiger partial charge in [0.05, 0.1) is 16.1 Å². The van der Waals surface area contributed by atoms with Crippen LogP contribution in [0.5, 0.6) is 0 Å². The molecule has 5 heteroatoms. The summed E-state index contributed by atoms with van der Waals surface area (Å²) >= 11 is 0. The minimum Gasteiger partial charge on any atom is -0.457 e. The number of esters is 1. The number of cyclic esters (lactones) is 1. The minimum absolute atomic E-state index is 0.0106. The fraction of sp³-hybridized carbons (Fsp3) is 0.100. The first-order valence-electron chi connectivity index (χ1n) is 4.24. The molecule has 0 bridgehead atoms. The highest BCUT2D eigenvalue weighted by atomic mass is 16.6. The van der Waals surface area contributed by atoms with Crippen LogP contribution in [0.15, 0.2) is 24.8 Å². The molecular weight excluding hydrogens is 198 g/mol. The largest absolute Gasteiger partial charge is 0.457 e. The van der Waals surface area contributed by atoms with E-state index in [1.807, 2.05) is 0 Å². The van der Waals surface area contributed by atoms with Crippen molar-refractivity contribution in [1.82, 2.24) is 0 Å². The number of rotatable bonds is 1. The maximum Gasteiger partial charge on any atom is 0.339 e. The molecule has 0 atom stereocenters. The van der Waals surface area contributed by atoms with E-state index in [0.717, 1.165) is 0 Å². The number of benzene rings is 1. The van der Waals surface area contributed by atoms with Crippen LogP contribution in [0.1, 0.15) is 15.9 Å². The molecule has 1 aromatic rings.